The second kappa shape index (κ2) is 7.57. The van der Waals surface area contributed by atoms with Crippen molar-refractivity contribution in [2.45, 2.75) is 6.54 Å². The van der Waals surface area contributed by atoms with Crippen molar-refractivity contribution in [3.05, 3.63) is 83.1 Å². The molecule has 6 heteroatoms. The number of nitrogens with zero attached hydrogens (tertiary/aromatic N) is 2. The zero-order valence-electron chi connectivity index (χ0n) is 12.7. The van der Waals surface area contributed by atoms with Gasteiger partial charge in [0, 0.05) is 23.5 Å². The molecular weight excluding hydrogens is 324 g/mol. The van der Waals surface area contributed by atoms with Gasteiger partial charge in [-0.05, 0) is 29.8 Å². The zero-order valence-corrected chi connectivity index (χ0v) is 13.5. The van der Waals surface area contributed by atoms with Crippen LogP contribution in [0.25, 0.3) is 0 Å². The van der Waals surface area contributed by atoms with E-state index in [1.807, 2.05) is 30.3 Å². The standard InChI is InChI=1S/C18H15ClN4O/c19-14-7-4-8-15(11-14)22-17(24)16-9-10-20-18(23-16)21-12-13-5-2-1-3-6-13/h1-11H,12H2,(H,22,24)(H,20,21,23). The van der Waals surface area contributed by atoms with Crippen LogP contribution in [-0.2, 0) is 6.54 Å². The van der Waals surface area contributed by atoms with Crippen molar-refractivity contribution in [1.82, 2.24) is 9.97 Å². The number of halogens is 1. The highest BCUT2D eigenvalue weighted by molar-refractivity contribution is 6.30. The molecule has 0 bridgehead atoms. The second-order valence-electron chi connectivity index (χ2n) is 5.07. The number of benzene rings is 2. The van der Waals surface area contributed by atoms with Crippen LogP contribution < -0.4 is 10.6 Å². The topological polar surface area (TPSA) is 66.9 Å². The number of rotatable bonds is 5. The molecule has 120 valence electrons. The van der Waals surface area contributed by atoms with Gasteiger partial charge in [0.1, 0.15) is 5.69 Å². The number of hydrogen-bond donors (Lipinski definition) is 2. The molecule has 2 aromatic carbocycles. The quantitative estimate of drug-likeness (QED) is 0.738. The number of carbonyl (C=O) groups excluding carboxylic acids is 1. The van der Waals surface area contributed by atoms with Crippen LogP contribution in [-0.4, -0.2) is 15.9 Å². The summed E-state index contributed by atoms with van der Waals surface area (Å²) in [5.41, 5.74) is 2.00. The zero-order chi connectivity index (χ0) is 16.8. The summed E-state index contributed by atoms with van der Waals surface area (Å²) in [5, 5.41) is 6.42. The van der Waals surface area contributed by atoms with Gasteiger partial charge in [-0.25, -0.2) is 9.97 Å². The van der Waals surface area contributed by atoms with Gasteiger partial charge in [-0.15, -0.1) is 0 Å². The Balaban J connectivity index is 1.67. The van der Waals surface area contributed by atoms with Crippen molar-refractivity contribution in [1.29, 1.82) is 0 Å². The predicted molar refractivity (Wildman–Crippen MR) is 95.2 cm³/mol. The van der Waals surface area contributed by atoms with Crippen molar-refractivity contribution in [3.8, 4) is 0 Å². The Hall–Kier alpha value is -2.92. The molecule has 0 aliphatic rings. The van der Waals surface area contributed by atoms with Crippen molar-refractivity contribution in [2.75, 3.05) is 10.6 Å². The maximum atomic E-state index is 12.3. The van der Waals surface area contributed by atoms with Gasteiger partial charge in [0.05, 0.1) is 0 Å². The lowest BCUT2D eigenvalue weighted by Crippen LogP contribution is -2.15. The number of aromatic nitrogens is 2. The SMILES string of the molecule is O=C(Nc1cccc(Cl)c1)c1ccnc(NCc2ccccc2)n1. The number of nitrogens with one attached hydrogen (secondary N) is 2. The van der Waals surface area contributed by atoms with E-state index in [4.69, 9.17) is 11.6 Å². The molecule has 0 atom stereocenters. The molecule has 3 rings (SSSR count). The molecule has 3 aromatic rings. The van der Waals surface area contributed by atoms with E-state index >= 15 is 0 Å². The fourth-order valence-electron chi connectivity index (χ4n) is 2.11. The van der Waals surface area contributed by atoms with Crippen molar-refractivity contribution in [3.63, 3.8) is 0 Å². The molecule has 0 spiro atoms. The van der Waals surface area contributed by atoms with Gasteiger partial charge in [0.15, 0.2) is 0 Å². The van der Waals surface area contributed by atoms with Crippen molar-refractivity contribution in [2.24, 2.45) is 0 Å². The molecule has 5 nitrogen and oxygen atoms in total. The molecule has 0 radical (unpaired) electrons. The summed E-state index contributed by atoms with van der Waals surface area (Å²) in [6.07, 6.45) is 1.55. The van der Waals surface area contributed by atoms with E-state index in [1.54, 1.807) is 36.5 Å². The molecule has 0 aliphatic heterocycles. The van der Waals surface area contributed by atoms with Gasteiger partial charge in [-0.1, -0.05) is 48.0 Å². The summed E-state index contributed by atoms with van der Waals surface area (Å²) in [6.45, 7) is 0.584. The molecule has 2 N–H and O–H groups in total. The highest BCUT2D eigenvalue weighted by Crippen LogP contribution is 2.15. The first-order valence-electron chi connectivity index (χ1n) is 7.38. The first kappa shape index (κ1) is 16.0. The lowest BCUT2D eigenvalue weighted by molar-refractivity contribution is 0.102. The third-order valence-corrected chi connectivity index (χ3v) is 3.50. The average molecular weight is 339 g/mol. The van der Waals surface area contributed by atoms with Crippen LogP contribution >= 0.6 is 11.6 Å². The minimum absolute atomic E-state index is 0.278. The summed E-state index contributed by atoms with van der Waals surface area (Å²) in [6, 6.07) is 18.4. The van der Waals surface area contributed by atoms with Crippen LogP contribution in [0.4, 0.5) is 11.6 Å². The molecule has 0 unspecified atom stereocenters. The highest BCUT2D eigenvalue weighted by atomic mass is 35.5. The second-order valence-corrected chi connectivity index (χ2v) is 5.51. The van der Waals surface area contributed by atoms with E-state index in [9.17, 15) is 4.79 Å². The minimum atomic E-state index is -0.317. The highest BCUT2D eigenvalue weighted by Gasteiger charge is 2.09. The third-order valence-electron chi connectivity index (χ3n) is 3.26. The summed E-state index contributed by atoms with van der Waals surface area (Å²) in [4.78, 5) is 20.7. The molecular formula is C18H15ClN4O. The van der Waals surface area contributed by atoms with Crippen molar-refractivity contribution >= 4 is 29.1 Å². The van der Waals surface area contributed by atoms with Crippen LogP contribution in [0.2, 0.25) is 5.02 Å². The number of carbonyl (C=O) groups is 1. The number of amides is 1. The van der Waals surface area contributed by atoms with Gasteiger partial charge in [0.25, 0.3) is 5.91 Å². The Morgan fingerprint density at radius 1 is 1.04 bits per heavy atom. The summed E-state index contributed by atoms with van der Waals surface area (Å²) < 4.78 is 0. The molecule has 0 saturated carbocycles. The van der Waals surface area contributed by atoms with Gasteiger partial charge < -0.3 is 10.6 Å². The fraction of sp³-hybridized carbons (Fsp3) is 0.0556. The summed E-state index contributed by atoms with van der Waals surface area (Å²) >= 11 is 5.91. The predicted octanol–water partition coefficient (Wildman–Crippen LogP) is 3.99. The van der Waals surface area contributed by atoms with Crippen LogP contribution in [0, 0.1) is 0 Å². The first-order valence-corrected chi connectivity index (χ1v) is 7.76. The first-order chi connectivity index (χ1) is 11.7. The van der Waals surface area contributed by atoms with Crippen LogP contribution in [0.3, 0.4) is 0 Å². The maximum absolute atomic E-state index is 12.3. The molecule has 1 heterocycles. The normalized spacial score (nSPS) is 10.2. The number of hydrogen-bond acceptors (Lipinski definition) is 4. The Bertz CT molecular complexity index is 839. The van der Waals surface area contributed by atoms with E-state index in [0.717, 1.165) is 5.56 Å². The molecule has 0 saturated heterocycles. The van der Waals surface area contributed by atoms with Gasteiger partial charge in [-0.3, -0.25) is 4.79 Å². The van der Waals surface area contributed by atoms with Gasteiger partial charge >= 0.3 is 0 Å². The van der Waals surface area contributed by atoms with E-state index in [-0.39, 0.29) is 11.6 Å². The van der Waals surface area contributed by atoms with Gasteiger partial charge in [0.2, 0.25) is 5.95 Å². The van der Waals surface area contributed by atoms with E-state index in [1.165, 1.54) is 0 Å². The Morgan fingerprint density at radius 2 is 1.88 bits per heavy atom. The Labute approximate surface area is 144 Å². The monoisotopic (exact) mass is 338 g/mol. The third kappa shape index (κ3) is 4.30. The Kier molecular flexibility index (Phi) is 5.03. The van der Waals surface area contributed by atoms with Crippen LogP contribution in [0.15, 0.2) is 66.9 Å². The van der Waals surface area contributed by atoms with E-state index in [0.29, 0.717) is 23.2 Å². The van der Waals surface area contributed by atoms with E-state index < -0.39 is 0 Å². The lowest BCUT2D eigenvalue weighted by atomic mass is 10.2. The molecule has 0 aliphatic carbocycles. The summed E-state index contributed by atoms with van der Waals surface area (Å²) in [5.74, 6) is 0.0834. The fourth-order valence-corrected chi connectivity index (χ4v) is 2.30. The molecule has 24 heavy (non-hydrogen) atoms. The molecule has 0 fully saturated rings. The van der Waals surface area contributed by atoms with Crippen LogP contribution in [0.1, 0.15) is 16.1 Å². The van der Waals surface area contributed by atoms with Crippen molar-refractivity contribution < 1.29 is 4.79 Å². The van der Waals surface area contributed by atoms with Crippen LogP contribution in [0.5, 0.6) is 0 Å². The van der Waals surface area contributed by atoms with E-state index in [2.05, 4.69) is 20.6 Å². The summed E-state index contributed by atoms with van der Waals surface area (Å²) in [7, 11) is 0. The smallest absolute Gasteiger partial charge is 0.274 e. The maximum Gasteiger partial charge on any atom is 0.274 e. The lowest BCUT2D eigenvalue weighted by Gasteiger charge is -2.08. The Morgan fingerprint density at radius 3 is 2.67 bits per heavy atom. The average Bonchev–Trinajstić information content (AvgIpc) is 2.61. The van der Waals surface area contributed by atoms with Gasteiger partial charge in [-0.2, -0.15) is 0 Å². The molecule has 1 amide bonds. The minimum Gasteiger partial charge on any atom is -0.350 e. The largest absolute Gasteiger partial charge is 0.350 e. The molecule has 1 aromatic heterocycles. The number of anilines is 2.